The van der Waals surface area contributed by atoms with Gasteiger partial charge in [0.1, 0.15) is 17.3 Å². The summed E-state index contributed by atoms with van der Waals surface area (Å²) < 4.78 is 10.5. The van der Waals surface area contributed by atoms with E-state index in [4.69, 9.17) is 9.15 Å². The molecule has 1 saturated carbocycles. The van der Waals surface area contributed by atoms with E-state index in [-0.39, 0.29) is 11.7 Å². The number of rotatable bonds is 6. The summed E-state index contributed by atoms with van der Waals surface area (Å²) in [5, 5.41) is 9.65. The van der Waals surface area contributed by atoms with E-state index in [2.05, 4.69) is 0 Å². The van der Waals surface area contributed by atoms with Gasteiger partial charge in [0, 0.05) is 12.0 Å². The zero-order valence-corrected chi connectivity index (χ0v) is 12.6. The summed E-state index contributed by atoms with van der Waals surface area (Å²) >= 11 is 0. The van der Waals surface area contributed by atoms with Gasteiger partial charge in [-0.15, -0.1) is 0 Å². The molecule has 1 aromatic heterocycles. The molecule has 22 heavy (non-hydrogen) atoms. The maximum absolute atomic E-state index is 11.5. The first-order valence-corrected chi connectivity index (χ1v) is 7.61. The molecule has 1 aromatic carbocycles. The third kappa shape index (κ3) is 3.70. The van der Waals surface area contributed by atoms with Crippen LogP contribution in [0.15, 0.2) is 45.6 Å². The number of hydrogen-bond donors (Lipinski definition) is 1. The van der Waals surface area contributed by atoms with Gasteiger partial charge < -0.3 is 14.3 Å². The summed E-state index contributed by atoms with van der Waals surface area (Å²) in [6.07, 6.45) is 4.25. The Morgan fingerprint density at radius 2 is 2.00 bits per heavy atom. The number of hydrogen-bond acceptors (Lipinski definition) is 4. The molecule has 1 unspecified atom stereocenters. The number of aromatic hydroxyl groups is 1. The Hall–Kier alpha value is -2.23. The molecule has 0 saturated heterocycles. The van der Waals surface area contributed by atoms with Gasteiger partial charge in [-0.3, -0.25) is 0 Å². The summed E-state index contributed by atoms with van der Waals surface area (Å²) in [5.41, 5.74) is 0.669. The molecule has 0 spiro atoms. The highest BCUT2D eigenvalue weighted by atomic mass is 16.5. The standard InChI is InChI=1S/C18H20O4/c1-21-16-6-4-13(5-7-16)9-14(8-12-2-3-12)17-10-15(19)11-18(20)22-17/h4-7,10-12,14,19H,2-3,8-9H2,1H3. The number of methoxy groups -OCH3 is 1. The van der Waals surface area contributed by atoms with Crippen molar-refractivity contribution in [2.45, 2.75) is 31.6 Å². The minimum absolute atomic E-state index is 0.0261. The predicted molar refractivity (Wildman–Crippen MR) is 83.4 cm³/mol. The largest absolute Gasteiger partial charge is 0.508 e. The van der Waals surface area contributed by atoms with E-state index in [1.165, 1.54) is 12.8 Å². The van der Waals surface area contributed by atoms with Gasteiger partial charge in [-0.05, 0) is 36.5 Å². The van der Waals surface area contributed by atoms with Gasteiger partial charge in [-0.1, -0.05) is 25.0 Å². The van der Waals surface area contributed by atoms with E-state index in [0.717, 1.165) is 30.2 Å². The van der Waals surface area contributed by atoms with Crippen molar-refractivity contribution in [2.24, 2.45) is 5.92 Å². The Bertz CT molecular complexity index is 683. The topological polar surface area (TPSA) is 59.7 Å². The molecular formula is C18H20O4. The molecule has 0 radical (unpaired) electrons. The van der Waals surface area contributed by atoms with Crippen molar-refractivity contribution in [3.8, 4) is 11.5 Å². The number of benzene rings is 1. The molecule has 4 nitrogen and oxygen atoms in total. The van der Waals surface area contributed by atoms with Crippen LogP contribution >= 0.6 is 0 Å². The molecule has 1 N–H and O–H groups in total. The molecule has 1 aliphatic carbocycles. The highest BCUT2D eigenvalue weighted by Crippen LogP contribution is 2.40. The summed E-state index contributed by atoms with van der Waals surface area (Å²) in [4.78, 5) is 11.5. The van der Waals surface area contributed by atoms with Crippen LogP contribution in [0.2, 0.25) is 0 Å². The second-order valence-corrected chi connectivity index (χ2v) is 5.97. The fourth-order valence-corrected chi connectivity index (χ4v) is 2.79. The molecule has 0 amide bonds. The van der Waals surface area contributed by atoms with Crippen molar-refractivity contribution in [2.75, 3.05) is 7.11 Å². The first kappa shape index (κ1) is 14.7. The van der Waals surface area contributed by atoms with E-state index in [0.29, 0.717) is 11.7 Å². The first-order valence-electron chi connectivity index (χ1n) is 7.61. The van der Waals surface area contributed by atoms with Crippen molar-refractivity contribution >= 4 is 0 Å². The third-order valence-electron chi connectivity index (χ3n) is 4.13. The maximum Gasteiger partial charge on any atom is 0.339 e. The Balaban J connectivity index is 1.83. The van der Waals surface area contributed by atoms with Crippen LogP contribution in [0.25, 0.3) is 0 Å². The molecular weight excluding hydrogens is 280 g/mol. The van der Waals surface area contributed by atoms with Gasteiger partial charge in [-0.2, -0.15) is 0 Å². The lowest BCUT2D eigenvalue weighted by molar-refractivity contribution is 0.383. The van der Waals surface area contributed by atoms with E-state index >= 15 is 0 Å². The Morgan fingerprint density at radius 1 is 1.27 bits per heavy atom. The van der Waals surface area contributed by atoms with Crippen LogP contribution in [0.4, 0.5) is 0 Å². The van der Waals surface area contributed by atoms with Crippen LogP contribution in [0.5, 0.6) is 11.5 Å². The van der Waals surface area contributed by atoms with Crippen LogP contribution in [0.1, 0.15) is 36.5 Å². The van der Waals surface area contributed by atoms with Crippen molar-refractivity contribution in [1.82, 2.24) is 0 Å². The molecule has 4 heteroatoms. The molecule has 1 fully saturated rings. The lowest BCUT2D eigenvalue weighted by Gasteiger charge is -2.16. The Kier molecular flexibility index (Phi) is 4.18. The third-order valence-corrected chi connectivity index (χ3v) is 4.13. The van der Waals surface area contributed by atoms with Crippen molar-refractivity contribution in [3.05, 3.63) is 58.1 Å². The monoisotopic (exact) mass is 300 g/mol. The smallest absolute Gasteiger partial charge is 0.339 e. The minimum atomic E-state index is -0.495. The fourth-order valence-electron chi connectivity index (χ4n) is 2.79. The van der Waals surface area contributed by atoms with Crippen LogP contribution in [0, 0.1) is 5.92 Å². The zero-order valence-electron chi connectivity index (χ0n) is 12.6. The fraction of sp³-hybridized carbons (Fsp3) is 0.389. The second kappa shape index (κ2) is 6.26. The lowest BCUT2D eigenvalue weighted by atomic mass is 9.91. The first-order chi connectivity index (χ1) is 10.6. The number of ether oxygens (including phenoxy) is 1. The second-order valence-electron chi connectivity index (χ2n) is 5.97. The summed E-state index contributed by atoms with van der Waals surface area (Å²) in [6.45, 7) is 0. The van der Waals surface area contributed by atoms with Crippen molar-refractivity contribution in [3.63, 3.8) is 0 Å². The van der Waals surface area contributed by atoms with Gasteiger partial charge in [-0.25, -0.2) is 4.79 Å². The maximum atomic E-state index is 11.5. The highest BCUT2D eigenvalue weighted by molar-refractivity contribution is 5.29. The highest BCUT2D eigenvalue weighted by Gasteiger charge is 2.28. The predicted octanol–water partition coefficient (Wildman–Crippen LogP) is 3.48. The summed E-state index contributed by atoms with van der Waals surface area (Å²) in [5.74, 6) is 2.19. The Labute approximate surface area is 129 Å². The van der Waals surface area contributed by atoms with Crippen LogP contribution in [-0.4, -0.2) is 12.2 Å². The normalized spacial score (nSPS) is 15.5. The average molecular weight is 300 g/mol. The van der Waals surface area contributed by atoms with Crippen LogP contribution < -0.4 is 10.4 Å². The molecule has 0 bridgehead atoms. The minimum Gasteiger partial charge on any atom is -0.508 e. The van der Waals surface area contributed by atoms with Gasteiger partial charge in [0.25, 0.3) is 0 Å². The Morgan fingerprint density at radius 3 is 2.59 bits per heavy atom. The molecule has 0 aliphatic heterocycles. The van der Waals surface area contributed by atoms with Gasteiger partial charge in [0.15, 0.2) is 0 Å². The van der Waals surface area contributed by atoms with Crippen LogP contribution in [-0.2, 0) is 6.42 Å². The molecule has 3 rings (SSSR count). The van der Waals surface area contributed by atoms with E-state index in [9.17, 15) is 9.90 Å². The molecule has 1 atom stereocenters. The van der Waals surface area contributed by atoms with Gasteiger partial charge in [0.2, 0.25) is 0 Å². The van der Waals surface area contributed by atoms with E-state index in [1.807, 2.05) is 24.3 Å². The lowest BCUT2D eigenvalue weighted by Crippen LogP contribution is -2.08. The van der Waals surface area contributed by atoms with Crippen molar-refractivity contribution in [1.29, 1.82) is 0 Å². The SMILES string of the molecule is COc1ccc(CC(CC2CC2)c2cc(O)cc(=O)o2)cc1. The average Bonchev–Trinajstić information content (AvgIpc) is 3.30. The molecule has 1 aliphatic rings. The van der Waals surface area contributed by atoms with Crippen molar-refractivity contribution < 1.29 is 14.3 Å². The quantitative estimate of drug-likeness (QED) is 0.887. The van der Waals surface area contributed by atoms with Gasteiger partial charge in [0.05, 0.1) is 13.2 Å². The zero-order chi connectivity index (χ0) is 15.5. The summed E-state index contributed by atoms with van der Waals surface area (Å²) in [6, 6.07) is 10.6. The van der Waals surface area contributed by atoms with E-state index in [1.54, 1.807) is 13.2 Å². The van der Waals surface area contributed by atoms with E-state index < -0.39 is 5.63 Å². The molecule has 116 valence electrons. The molecule has 1 heterocycles. The summed E-state index contributed by atoms with van der Waals surface area (Å²) in [7, 11) is 1.65. The molecule has 2 aromatic rings. The van der Waals surface area contributed by atoms with Gasteiger partial charge >= 0.3 is 5.63 Å². The van der Waals surface area contributed by atoms with Crippen LogP contribution in [0.3, 0.4) is 0 Å².